The molecule has 0 unspecified atom stereocenters. The zero-order valence-electron chi connectivity index (χ0n) is 16.5. The Bertz CT molecular complexity index is 962. The summed E-state index contributed by atoms with van der Waals surface area (Å²) in [5.41, 5.74) is 3.06. The second kappa shape index (κ2) is 8.74. The van der Waals surface area contributed by atoms with E-state index in [1.165, 1.54) is 23.1 Å². The molecule has 0 aliphatic carbocycles. The van der Waals surface area contributed by atoms with E-state index in [1.54, 1.807) is 0 Å². The zero-order chi connectivity index (χ0) is 20.3. The third-order valence-corrected chi connectivity index (χ3v) is 6.19. The van der Waals surface area contributed by atoms with Gasteiger partial charge in [-0.3, -0.25) is 4.79 Å². The molecule has 0 radical (unpaired) electrons. The van der Waals surface area contributed by atoms with Crippen LogP contribution >= 0.6 is 23.1 Å². The Morgan fingerprint density at radius 1 is 1.29 bits per heavy atom. The van der Waals surface area contributed by atoms with Crippen LogP contribution in [0.3, 0.4) is 0 Å². The number of anilines is 1. The van der Waals surface area contributed by atoms with E-state index < -0.39 is 0 Å². The van der Waals surface area contributed by atoms with Gasteiger partial charge in [-0.25, -0.2) is 4.98 Å². The average Bonchev–Trinajstić information content (AvgIpc) is 3.21. The van der Waals surface area contributed by atoms with Crippen molar-refractivity contribution in [2.75, 3.05) is 5.32 Å². The number of hydrogen-bond donors (Lipinski definition) is 1. The largest absolute Gasteiger partial charge is 0.485 e. The number of ether oxygens (including phenoxy) is 1. The minimum absolute atomic E-state index is 0.115. The lowest BCUT2D eigenvalue weighted by molar-refractivity contribution is -0.115. The van der Waals surface area contributed by atoms with Crippen molar-refractivity contribution in [2.45, 2.75) is 44.7 Å². The molecule has 0 saturated carbocycles. The van der Waals surface area contributed by atoms with Gasteiger partial charge in [0.15, 0.2) is 16.1 Å². The third-order valence-electron chi connectivity index (χ3n) is 4.18. The molecule has 1 amide bonds. The summed E-state index contributed by atoms with van der Waals surface area (Å²) in [6, 6.07) is 6.04. The highest BCUT2D eigenvalue weighted by molar-refractivity contribution is 8.00. The van der Waals surface area contributed by atoms with Gasteiger partial charge in [-0.1, -0.05) is 30.0 Å². The number of carbonyl (C=O) groups excluding carboxylic acids is 1. The Hall–Kier alpha value is -2.39. The van der Waals surface area contributed by atoms with Gasteiger partial charge in [0.25, 0.3) is 0 Å². The van der Waals surface area contributed by atoms with Crippen LogP contribution in [0.25, 0.3) is 0 Å². The van der Waals surface area contributed by atoms with E-state index in [4.69, 9.17) is 4.74 Å². The maximum absolute atomic E-state index is 12.4. The monoisotopic (exact) mass is 417 g/mol. The van der Waals surface area contributed by atoms with Crippen molar-refractivity contribution >= 4 is 34.1 Å². The van der Waals surface area contributed by atoms with E-state index in [-0.39, 0.29) is 11.2 Å². The van der Waals surface area contributed by atoms with Crippen molar-refractivity contribution < 1.29 is 9.53 Å². The van der Waals surface area contributed by atoms with Crippen molar-refractivity contribution in [3.05, 3.63) is 46.2 Å². The lowest BCUT2D eigenvalue weighted by Gasteiger charge is -2.12. The standard InChI is InChI=1S/C19H23N5O2S2/c1-11-7-6-8-12(2)16(11)26-9-15-22-23-19(24(15)5)28-14(4)17(25)21-18-20-13(3)10-27-18/h6-8,10,14H,9H2,1-5H3,(H,20,21,25)/t14-/m1/s1. The number of carbonyl (C=O) groups is 1. The van der Waals surface area contributed by atoms with Crippen molar-refractivity contribution in [2.24, 2.45) is 7.05 Å². The van der Waals surface area contributed by atoms with Crippen LogP contribution in [0.2, 0.25) is 0 Å². The molecule has 0 fully saturated rings. The number of aromatic nitrogens is 4. The van der Waals surface area contributed by atoms with Gasteiger partial charge in [-0.2, -0.15) is 0 Å². The number of thiazole rings is 1. The Morgan fingerprint density at radius 3 is 2.64 bits per heavy atom. The van der Waals surface area contributed by atoms with Crippen LogP contribution in [0.1, 0.15) is 29.6 Å². The molecule has 2 heterocycles. The predicted molar refractivity (Wildman–Crippen MR) is 112 cm³/mol. The van der Waals surface area contributed by atoms with E-state index in [1.807, 2.05) is 62.9 Å². The first-order chi connectivity index (χ1) is 13.3. The minimum atomic E-state index is -0.334. The normalized spacial score (nSPS) is 12.0. The highest BCUT2D eigenvalue weighted by atomic mass is 32.2. The molecule has 3 aromatic rings. The van der Waals surface area contributed by atoms with E-state index in [2.05, 4.69) is 20.5 Å². The molecule has 0 spiro atoms. The van der Waals surface area contributed by atoms with Gasteiger partial charge in [-0.05, 0) is 38.8 Å². The maximum atomic E-state index is 12.4. The Morgan fingerprint density at radius 2 is 2.00 bits per heavy atom. The number of nitrogens with zero attached hydrogens (tertiary/aromatic N) is 4. The van der Waals surface area contributed by atoms with Gasteiger partial charge in [-0.15, -0.1) is 21.5 Å². The molecule has 0 aliphatic heterocycles. The van der Waals surface area contributed by atoms with Gasteiger partial charge in [0.1, 0.15) is 12.4 Å². The summed E-state index contributed by atoms with van der Waals surface area (Å²) in [7, 11) is 1.88. The molecule has 1 N–H and O–H groups in total. The second-order valence-electron chi connectivity index (χ2n) is 6.51. The molecule has 0 aliphatic rings. The maximum Gasteiger partial charge on any atom is 0.239 e. The van der Waals surface area contributed by atoms with Crippen LogP contribution in [0.5, 0.6) is 5.75 Å². The first kappa shape index (κ1) is 20.3. The van der Waals surface area contributed by atoms with Gasteiger partial charge in [0.05, 0.1) is 10.9 Å². The first-order valence-corrected chi connectivity index (χ1v) is 10.6. The fourth-order valence-electron chi connectivity index (χ4n) is 2.57. The van der Waals surface area contributed by atoms with Gasteiger partial charge in [0.2, 0.25) is 5.91 Å². The quantitative estimate of drug-likeness (QED) is 0.587. The molecule has 7 nitrogen and oxygen atoms in total. The molecule has 148 valence electrons. The Balaban J connectivity index is 1.61. The van der Waals surface area contributed by atoms with Crippen molar-refractivity contribution in [3.63, 3.8) is 0 Å². The SMILES string of the molecule is Cc1csc(NC(=O)[C@@H](C)Sc2nnc(COc3c(C)cccc3C)n2C)n1. The number of benzene rings is 1. The number of amides is 1. The zero-order valence-corrected chi connectivity index (χ0v) is 18.1. The van der Waals surface area contributed by atoms with Crippen molar-refractivity contribution in [3.8, 4) is 5.75 Å². The summed E-state index contributed by atoms with van der Waals surface area (Å²) in [6.45, 7) is 8.08. The van der Waals surface area contributed by atoms with Crippen LogP contribution in [-0.4, -0.2) is 30.9 Å². The van der Waals surface area contributed by atoms with Crippen molar-refractivity contribution in [1.82, 2.24) is 19.7 Å². The summed E-state index contributed by atoms with van der Waals surface area (Å²) in [5, 5.41) is 14.1. The summed E-state index contributed by atoms with van der Waals surface area (Å²) in [6.07, 6.45) is 0. The highest BCUT2D eigenvalue weighted by Crippen LogP contribution is 2.26. The van der Waals surface area contributed by atoms with Crippen LogP contribution < -0.4 is 10.1 Å². The number of rotatable bonds is 7. The molecular weight excluding hydrogens is 394 g/mol. The second-order valence-corrected chi connectivity index (χ2v) is 8.68. The van der Waals surface area contributed by atoms with Crippen molar-refractivity contribution in [1.29, 1.82) is 0 Å². The molecule has 28 heavy (non-hydrogen) atoms. The lowest BCUT2D eigenvalue weighted by Crippen LogP contribution is -2.22. The molecule has 9 heteroatoms. The Labute approximate surface area is 172 Å². The van der Waals surface area contributed by atoms with E-state index in [9.17, 15) is 4.79 Å². The van der Waals surface area contributed by atoms with Crippen LogP contribution in [-0.2, 0) is 18.4 Å². The fourth-order valence-corrected chi connectivity index (χ4v) is 4.09. The number of thioether (sulfide) groups is 1. The molecule has 0 bridgehead atoms. The average molecular weight is 418 g/mol. The summed E-state index contributed by atoms with van der Waals surface area (Å²) in [5.74, 6) is 1.45. The van der Waals surface area contributed by atoms with E-state index in [0.29, 0.717) is 22.7 Å². The summed E-state index contributed by atoms with van der Waals surface area (Å²) < 4.78 is 7.82. The van der Waals surface area contributed by atoms with Gasteiger partial charge < -0.3 is 14.6 Å². The molecular formula is C19H23N5O2S2. The molecule has 3 rings (SSSR count). The number of aryl methyl sites for hydroxylation is 3. The summed E-state index contributed by atoms with van der Waals surface area (Å²) >= 11 is 2.77. The Kier molecular flexibility index (Phi) is 6.35. The predicted octanol–water partition coefficient (Wildman–Crippen LogP) is 3.90. The molecule has 2 aromatic heterocycles. The number of para-hydroxylation sites is 1. The van der Waals surface area contributed by atoms with Crippen LogP contribution in [0.15, 0.2) is 28.7 Å². The smallest absolute Gasteiger partial charge is 0.239 e. The van der Waals surface area contributed by atoms with Crippen LogP contribution in [0.4, 0.5) is 5.13 Å². The third kappa shape index (κ3) is 4.71. The lowest BCUT2D eigenvalue weighted by atomic mass is 10.1. The van der Waals surface area contributed by atoms with E-state index in [0.717, 1.165) is 22.6 Å². The van der Waals surface area contributed by atoms with E-state index >= 15 is 0 Å². The topological polar surface area (TPSA) is 81.9 Å². The number of hydrogen-bond acceptors (Lipinski definition) is 7. The van der Waals surface area contributed by atoms with Gasteiger partial charge in [0, 0.05) is 12.4 Å². The number of nitrogens with one attached hydrogen (secondary N) is 1. The summed E-state index contributed by atoms with van der Waals surface area (Å²) in [4.78, 5) is 16.6. The molecule has 1 atom stereocenters. The minimum Gasteiger partial charge on any atom is -0.485 e. The highest BCUT2D eigenvalue weighted by Gasteiger charge is 2.20. The van der Waals surface area contributed by atoms with Crippen LogP contribution in [0, 0.1) is 20.8 Å². The van der Waals surface area contributed by atoms with Gasteiger partial charge >= 0.3 is 0 Å². The molecule has 1 aromatic carbocycles. The first-order valence-electron chi connectivity index (χ1n) is 8.82. The fraction of sp³-hybridized carbons (Fsp3) is 0.368. The molecule has 0 saturated heterocycles.